The fraction of sp³-hybridized carbons (Fsp3) is 0.600. The number of rotatable bonds is 0. The average Bonchev–Trinajstić information content (AvgIpc) is 1.98. The van der Waals surface area contributed by atoms with Crippen LogP contribution >= 0.6 is 0 Å². The van der Waals surface area contributed by atoms with Crippen LogP contribution in [0.4, 0.5) is 13.2 Å². The number of hydrogen-bond donors (Lipinski definition) is 2. The quantitative estimate of drug-likeness (QED) is 0.415. The number of alkyl halides is 3. The van der Waals surface area contributed by atoms with E-state index in [-0.39, 0.29) is 4.90 Å². The van der Waals surface area contributed by atoms with Gasteiger partial charge < -0.3 is 5.32 Å². The molecule has 0 aliphatic rings. The number of hydrogen-bond acceptors (Lipinski definition) is 2. The molecule has 2 N–H and O–H groups in total. The van der Waals surface area contributed by atoms with E-state index < -0.39 is 18.0 Å². The minimum Gasteiger partial charge on any atom is -0.359 e. The molecule has 0 spiro atoms. The highest BCUT2D eigenvalue weighted by molar-refractivity contribution is 5.97. The van der Waals surface area contributed by atoms with Crippen molar-refractivity contribution >= 4 is 11.9 Å². The minimum atomic E-state index is -4.93. The number of carbonyl (C=O) groups is 1. The van der Waals surface area contributed by atoms with Crippen LogP contribution in [0.25, 0.3) is 0 Å². The van der Waals surface area contributed by atoms with E-state index in [1.807, 2.05) is 0 Å². The first kappa shape index (κ1) is 10.7. The van der Waals surface area contributed by atoms with Crippen molar-refractivity contribution < 1.29 is 18.0 Å². The summed E-state index contributed by atoms with van der Waals surface area (Å²) in [6, 6.07) is 0. The molecular weight excluding hydrogens is 175 g/mol. The van der Waals surface area contributed by atoms with Gasteiger partial charge in [-0.2, -0.15) is 13.2 Å². The van der Waals surface area contributed by atoms with Gasteiger partial charge in [-0.3, -0.25) is 15.1 Å². The average molecular weight is 183 g/mol. The molecule has 0 aliphatic heterocycles. The predicted octanol–water partition coefficient (Wildman–Crippen LogP) is 0.161. The third kappa shape index (κ3) is 2.40. The van der Waals surface area contributed by atoms with Gasteiger partial charge in [-0.05, 0) is 0 Å². The van der Waals surface area contributed by atoms with Crippen molar-refractivity contribution in [1.29, 1.82) is 5.41 Å². The first-order valence-electron chi connectivity index (χ1n) is 2.92. The van der Waals surface area contributed by atoms with Gasteiger partial charge in [-0.15, -0.1) is 0 Å². The fourth-order valence-electron chi connectivity index (χ4n) is 0.459. The standard InChI is InChI=1S/C5H8F3N3O/c1-10-4(9)11(2)3(12)5(6,7)8/h1-2H3,(H2,9,10). The number of nitrogens with one attached hydrogen (secondary N) is 2. The maximum atomic E-state index is 11.7. The molecule has 7 heteroatoms. The zero-order chi connectivity index (χ0) is 9.94. The topological polar surface area (TPSA) is 56.2 Å². The van der Waals surface area contributed by atoms with Gasteiger partial charge in [0.1, 0.15) is 0 Å². The highest BCUT2D eigenvalue weighted by Gasteiger charge is 2.42. The summed E-state index contributed by atoms with van der Waals surface area (Å²) in [6.07, 6.45) is -4.93. The van der Waals surface area contributed by atoms with E-state index in [4.69, 9.17) is 5.41 Å². The largest absolute Gasteiger partial charge is 0.471 e. The normalized spacial score (nSPS) is 10.8. The van der Waals surface area contributed by atoms with Crippen LogP contribution < -0.4 is 5.32 Å². The van der Waals surface area contributed by atoms with Crippen LogP contribution in [0.5, 0.6) is 0 Å². The van der Waals surface area contributed by atoms with Gasteiger partial charge in [0.2, 0.25) is 0 Å². The van der Waals surface area contributed by atoms with Crippen LogP contribution in [0, 0.1) is 5.41 Å². The second-order valence-corrected chi connectivity index (χ2v) is 1.96. The monoisotopic (exact) mass is 183 g/mol. The Morgan fingerprint density at radius 1 is 1.50 bits per heavy atom. The Morgan fingerprint density at radius 3 is 2.17 bits per heavy atom. The number of amides is 1. The molecule has 0 unspecified atom stereocenters. The van der Waals surface area contributed by atoms with E-state index in [2.05, 4.69) is 5.32 Å². The summed E-state index contributed by atoms with van der Waals surface area (Å²) in [4.78, 5) is 10.6. The lowest BCUT2D eigenvalue weighted by molar-refractivity contribution is -0.180. The van der Waals surface area contributed by atoms with Crippen LogP contribution in [0.15, 0.2) is 0 Å². The zero-order valence-electron chi connectivity index (χ0n) is 6.49. The fourth-order valence-corrected chi connectivity index (χ4v) is 0.459. The Kier molecular flexibility index (Phi) is 3.06. The van der Waals surface area contributed by atoms with E-state index in [1.54, 1.807) is 0 Å². The van der Waals surface area contributed by atoms with Gasteiger partial charge in [0, 0.05) is 14.1 Å². The summed E-state index contributed by atoms with van der Waals surface area (Å²) in [5, 5.41) is 8.95. The van der Waals surface area contributed by atoms with Crippen molar-refractivity contribution in [3.8, 4) is 0 Å². The van der Waals surface area contributed by atoms with E-state index in [1.165, 1.54) is 7.05 Å². The Bertz CT molecular complexity index is 201. The van der Waals surface area contributed by atoms with Gasteiger partial charge in [-0.25, -0.2) is 0 Å². The molecule has 70 valence electrons. The first-order valence-corrected chi connectivity index (χ1v) is 2.92. The van der Waals surface area contributed by atoms with Gasteiger partial charge in [-0.1, -0.05) is 0 Å². The molecule has 0 bridgehead atoms. The summed E-state index contributed by atoms with van der Waals surface area (Å²) in [5.41, 5.74) is 0. The Morgan fingerprint density at radius 2 is 1.92 bits per heavy atom. The zero-order valence-corrected chi connectivity index (χ0v) is 6.49. The van der Waals surface area contributed by atoms with E-state index in [0.717, 1.165) is 7.05 Å². The lowest BCUT2D eigenvalue weighted by atomic mass is 10.5. The van der Waals surface area contributed by atoms with Crippen LogP contribution in [0.2, 0.25) is 0 Å². The number of carbonyl (C=O) groups excluding carboxylic acids is 1. The lowest BCUT2D eigenvalue weighted by Gasteiger charge is -2.18. The summed E-state index contributed by atoms with van der Waals surface area (Å²) in [5.74, 6) is -2.67. The maximum absolute atomic E-state index is 11.7. The highest BCUT2D eigenvalue weighted by Crippen LogP contribution is 2.17. The third-order valence-electron chi connectivity index (χ3n) is 1.12. The van der Waals surface area contributed by atoms with E-state index >= 15 is 0 Å². The molecule has 0 aromatic carbocycles. The Labute approximate surface area is 66.9 Å². The molecule has 0 heterocycles. The van der Waals surface area contributed by atoms with Crippen LogP contribution in [-0.4, -0.2) is 37.0 Å². The third-order valence-corrected chi connectivity index (χ3v) is 1.12. The molecule has 0 aromatic rings. The van der Waals surface area contributed by atoms with Crippen molar-refractivity contribution in [2.45, 2.75) is 6.18 Å². The summed E-state index contributed by atoms with van der Waals surface area (Å²) < 4.78 is 35.0. The maximum Gasteiger partial charge on any atom is 0.471 e. The second-order valence-electron chi connectivity index (χ2n) is 1.96. The van der Waals surface area contributed by atoms with E-state index in [0.29, 0.717) is 0 Å². The van der Waals surface area contributed by atoms with Gasteiger partial charge in [0.05, 0.1) is 0 Å². The summed E-state index contributed by atoms with van der Waals surface area (Å²) >= 11 is 0. The van der Waals surface area contributed by atoms with Crippen molar-refractivity contribution in [1.82, 2.24) is 10.2 Å². The van der Waals surface area contributed by atoms with Crippen LogP contribution in [-0.2, 0) is 4.79 Å². The number of nitrogens with zero attached hydrogens (tertiary/aromatic N) is 1. The smallest absolute Gasteiger partial charge is 0.359 e. The van der Waals surface area contributed by atoms with Gasteiger partial charge >= 0.3 is 12.1 Å². The van der Waals surface area contributed by atoms with E-state index in [9.17, 15) is 18.0 Å². The van der Waals surface area contributed by atoms with Crippen molar-refractivity contribution in [3.63, 3.8) is 0 Å². The molecule has 12 heavy (non-hydrogen) atoms. The molecule has 1 amide bonds. The molecule has 4 nitrogen and oxygen atoms in total. The molecule has 0 fully saturated rings. The molecule has 0 aliphatic carbocycles. The first-order chi connectivity index (χ1) is 5.30. The van der Waals surface area contributed by atoms with Crippen molar-refractivity contribution in [3.05, 3.63) is 0 Å². The molecule has 0 saturated carbocycles. The lowest BCUT2D eigenvalue weighted by Crippen LogP contribution is -2.46. The molecule has 0 saturated heterocycles. The number of halogens is 3. The predicted molar refractivity (Wildman–Crippen MR) is 35.6 cm³/mol. The Balaban J connectivity index is 4.41. The van der Waals surface area contributed by atoms with Crippen LogP contribution in [0.1, 0.15) is 0 Å². The highest BCUT2D eigenvalue weighted by atomic mass is 19.4. The molecule has 0 rings (SSSR count). The van der Waals surface area contributed by atoms with Crippen molar-refractivity contribution in [2.24, 2.45) is 0 Å². The van der Waals surface area contributed by atoms with Gasteiger partial charge in [0.25, 0.3) is 0 Å². The van der Waals surface area contributed by atoms with Gasteiger partial charge in [0.15, 0.2) is 5.96 Å². The SMILES string of the molecule is CNC(=N)N(C)C(=O)C(F)(F)F. The van der Waals surface area contributed by atoms with Crippen molar-refractivity contribution in [2.75, 3.05) is 14.1 Å². The molecular formula is C5H8F3N3O. The molecule has 0 aromatic heterocycles. The summed E-state index contributed by atoms with van der Waals surface area (Å²) in [7, 11) is 2.12. The molecule has 0 radical (unpaired) electrons. The minimum absolute atomic E-state index is 0.181. The summed E-state index contributed by atoms with van der Waals surface area (Å²) in [6.45, 7) is 0. The number of guanidine groups is 1. The second kappa shape index (κ2) is 3.42. The van der Waals surface area contributed by atoms with Crippen LogP contribution in [0.3, 0.4) is 0 Å². The Hall–Kier alpha value is -1.27. The molecule has 0 atom stereocenters.